The molecule has 0 aromatic carbocycles. The van der Waals surface area contributed by atoms with E-state index in [4.69, 9.17) is 0 Å². The summed E-state index contributed by atoms with van der Waals surface area (Å²) in [5.41, 5.74) is 1.08. The maximum absolute atomic E-state index is 13.6. The van der Waals surface area contributed by atoms with Crippen molar-refractivity contribution in [2.24, 2.45) is 23.7 Å². The van der Waals surface area contributed by atoms with Crippen LogP contribution in [0.25, 0.3) is 0 Å². The van der Waals surface area contributed by atoms with E-state index in [1.165, 1.54) is 0 Å². The van der Waals surface area contributed by atoms with E-state index in [1.807, 2.05) is 0 Å². The quantitative estimate of drug-likeness (QED) is 0.713. The molecule has 0 bridgehead atoms. The summed E-state index contributed by atoms with van der Waals surface area (Å²) in [5, 5.41) is 0. The van der Waals surface area contributed by atoms with E-state index in [0.717, 1.165) is 5.57 Å². The van der Waals surface area contributed by atoms with Gasteiger partial charge in [-0.2, -0.15) is 0 Å². The van der Waals surface area contributed by atoms with Gasteiger partial charge in [0.15, 0.2) is 0 Å². The second-order valence-electron chi connectivity index (χ2n) is 5.68. The molecule has 2 atom stereocenters. The van der Waals surface area contributed by atoms with E-state index in [9.17, 15) is 9.18 Å². The highest BCUT2D eigenvalue weighted by Gasteiger charge is 2.31. The number of allylic oxidation sites excluding steroid dienone is 4. The van der Waals surface area contributed by atoms with Crippen molar-refractivity contribution in [2.45, 2.75) is 41.0 Å². The zero-order valence-electron chi connectivity index (χ0n) is 11.5. The summed E-state index contributed by atoms with van der Waals surface area (Å²) in [4.78, 5) is 11.4. The number of rotatable bonds is 4. The van der Waals surface area contributed by atoms with Crippen LogP contribution in [0.15, 0.2) is 23.6 Å². The number of carbonyl (C=O) groups excluding carboxylic acids is 1. The van der Waals surface area contributed by atoms with Gasteiger partial charge in [-0.3, -0.25) is 0 Å². The predicted octanol–water partition coefficient (Wildman–Crippen LogP) is 4.30. The molecule has 0 N–H and O–H groups in total. The Hall–Kier alpha value is -0.920. The molecule has 1 nitrogen and oxygen atoms in total. The molecular weight excluding hydrogens is 215 g/mol. The number of Topliss-reactive ketones (excluding diaryl/α,β-unsaturated/α-hetero) is 1. The SMILES string of the molecule is CC(=O)CC1C(C(C)C)=CC(F)=CC1C(C)C. The first-order valence-electron chi connectivity index (χ1n) is 6.41. The molecule has 0 heterocycles. The number of ketones is 1. The normalized spacial score (nSPS) is 24.9. The van der Waals surface area contributed by atoms with Gasteiger partial charge in [-0.15, -0.1) is 0 Å². The molecule has 96 valence electrons. The molecule has 2 unspecified atom stereocenters. The molecule has 0 aromatic rings. The molecular formula is C15H23FO. The first kappa shape index (κ1) is 14.1. The van der Waals surface area contributed by atoms with Gasteiger partial charge < -0.3 is 4.79 Å². The Bertz CT molecular complexity index is 350. The molecule has 1 rings (SSSR count). The van der Waals surface area contributed by atoms with Gasteiger partial charge in [0.1, 0.15) is 11.6 Å². The Morgan fingerprint density at radius 3 is 2.35 bits per heavy atom. The van der Waals surface area contributed by atoms with Crippen LogP contribution in [0.2, 0.25) is 0 Å². The topological polar surface area (TPSA) is 17.1 Å². The fourth-order valence-electron chi connectivity index (χ4n) is 2.65. The van der Waals surface area contributed by atoms with Crippen molar-refractivity contribution < 1.29 is 9.18 Å². The second kappa shape index (κ2) is 5.61. The highest BCUT2D eigenvalue weighted by Crippen LogP contribution is 2.39. The van der Waals surface area contributed by atoms with Crippen LogP contribution in [-0.4, -0.2) is 5.78 Å². The minimum atomic E-state index is -0.146. The second-order valence-corrected chi connectivity index (χ2v) is 5.68. The Labute approximate surface area is 104 Å². The lowest BCUT2D eigenvalue weighted by molar-refractivity contribution is -0.118. The van der Waals surface area contributed by atoms with Crippen molar-refractivity contribution >= 4 is 5.78 Å². The summed E-state index contributed by atoms with van der Waals surface area (Å²) in [6, 6.07) is 0. The minimum absolute atomic E-state index is 0.140. The van der Waals surface area contributed by atoms with Gasteiger partial charge >= 0.3 is 0 Å². The third-order valence-electron chi connectivity index (χ3n) is 3.49. The molecule has 0 saturated carbocycles. The lowest BCUT2D eigenvalue weighted by Crippen LogP contribution is -2.27. The van der Waals surface area contributed by atoms with Crippen LogP contribution in [0.3, 0.4) is 0 Å². The zero-order valence-corrected chi connectivity index (χ0v) is 11.5. The number of hydrogen-bond donors (Lipinski definition) is 0. The van der Waals surface area contributed by atoms with Crippen LogP contribution < -0.4 is 0 Å². The first-order chi connectivity index (χ1) is 7.82. The van der Waals surface area contributed by atoms with Gasteiger partial charge in [-0.05, 0) is 42.7 Å². The average molecular weight is 238 g/mol. The zero-order chi connectivity index (χ0) is 13.2. The van der Waals surface area contributed by atoms with Crippen molar-refractivity contribution in [1.29, 1.82) is 0 Å². The lowest BCUT2D eigenvalue weighted by Gasteiger charge is -2.34. The van der Waals surface area contributed by atoms with Crippen LogP contribution in [-0.2, 0) is 4.79 Å². The lowest BCUT2D eigenvalue weighted by atomic mass is 9.71. The Morgan fingerprint density at radius 1 is 1.35 bits per heavy atom. The van der Waals surface area contributed by atoms with E-state index in [2.05, 4.69) is 27.7 Å². The van der Waals surface area contributed by atoms with Gasteiger partial charge in [0.25, 0.3) is 0 Å². The molecule has 0 aromatic heterocycles. The van der Waals surface area contributed by atoms with Gasteiger partial charge in [0, 0.05) is 6.42 Å². The molecule has 1 aliphatic carbocycles. The smallest absolute Gasteiger partial charge is 0.130 e. The molecule has 0 spiro atoms. The van der Waals surface area contributed by atoms with E-state index in [-0.39, 0.29) is 23.4 Å². The van der Waals surface area contributed by atoms with E-state index < -0.39 is 0 Å². The Kier molecular flexibility index (Phi) is 4.67. The molecule has 0 aliphatic heterocycles. The first-order valence-corrected chi connectivity index (χ1v) is 6.41. The highest BCUT2D eigenvalue weighted by molar-refractivity contribution is 5.76. The monoisotopic (exact) mass is 238 g/mol. The fourth-order valence-corrected chi connectivity index (χ4v) is 2.65. The largest absolute Gasteiger partial charge is 0.300 e. The summed E-state index contributed by atoms with van der Waals surface area (Å²) in [6.07, 6.45) is 3.83. The molecule has 2 heteroatoms. The maximum atomic E-state index is 13.6. The molecule has 1 aliphatic rings. The Balaban J connectivity index is 3.07. The minimum Gasteiger partial charge on any atom is -0.300 e. The van der Waals surface area contributed by atoms with E-state index >= 15 is 0 Å². The number of hydrogen-bond acceptors (Lipinski definition) is 1. The van der Waals surface area contributed by atoms with Gasteiger partial charge in [-0.1, -0.05) is 33.3 Å². The van der Waals surface area contributed by atoms with Crippen molar-refractivity contribution in [2.75, 3.05) is 0 Å². The third-order valence-corrected chi connectivity index (χ3v) is 3.49. The third kappa shape index (κ3) is 3.52. The van der Waals surface area contributed by atoms with Crippen LogP contribution in [0.1, 0.15) is 41.0 Å². The molecule has 17 heavy (non-hydrogen) atoms. The van der Waals surface area contributed by atoms with Crippen LogP contribution in [0.5, 0.6) is 0 Å². The molecule has 0 amide bonds. The van der Waals surface area contributed by atoms with Gasteiger partial charge in [-0.25, -0.2) is 4.39 Å². The van der Waals surface area contributed by atoms with Crippen molar-refractivity contribution in [3.8, 4) is 0 Å². The van der Waals surface area contributed by atoms with Gasteiger partial charge in [0.05, 0.1) is 0 Å². The molecule has 0 saturated heterocycles. The van der Waals surface area contributed by atoms with Crippen molar-refractivity contribution in [1.82, 2.24) is 0 Å². The number of halogens is 1. The predicted molar refractivity (Wildman–Crippen MR) is 69.2 cm³/mol. The molecule has 0 fully saturated rings. The van der Waals surface area contributed by atoms with Gasteiger partial charge in [0.2, 0.25) is 0 Å². The molecule has 0 radical (unpaired) electrons. The van der Waals surface area contributed by atoms with Crippen LogP contribution in [0, 0.1) is 23.7 Å². The van der Waals surface area contributed by atoms with E-state index in [1.54, 1.807) is 19.1 Å². The summed E-state index contributed by atoms with van der Waals surface area (Å²) in [6.45, 7) is 9.92. The average Bonchev–Trinajstić information content (AvgIpc) is 2.18. The highest BCUT2D eigenvalue weighted by atomic mass is 19.1. The summed E-state index contributed by atoms with van der Waals surface area (Å²) >= 11 is 0. The van der Waals surface area contributed by atoms with Crippen molar-refractivity contribution in [3.05, 3.63) is 23.6 Å². The van der Waals surface area contributed by atoms with E-state index in [0.29, 0.717) is 18.3 Å². The van der Waals surface area contributed by atoms with Crippen LogP contribution in [0.4, 0.5) is 4.39 Å². The standard InChI is InChI=1S/C15H23FO/c1-9(2)13-7-12(16)8-14(10(3)4)15(13)6-11(5)17/h7-10,13,15H,6H2,1-5H3. The summed E-state index contributed by atoms with van der Waals surface area (Å²) in [7, 11) is 0. The fraction of sp³-hybridized carbons (Fsp3) is 0.667. The van der Waals surface area contributed by atoms with Crippen molar-refractivity contribution in [3.63, 3.8) is 0 Å². The Morgan fingerprint density at radius 2 is 1.94 bits per heavy atom. The summed E-state index contributed by atoms with van der Waals surface area (Å²) < 4.78 is 13.6. The maximum Gasteiger partial charge on any atom is 0.130 e. The van der Waals surface area contributed by atoms with Crippen LogP contribution >= 0.6 is 0 Å². The number of carbonyl (C=O) groups is 1. The summed E-state index contributed by atoms with van der Waals surface area (Å²) in [5.74, 6) is 0.996.